The van der Waals surface area contributed by atoms with Crippen molar-refractivity contribution in [2.24, 2.45) is 0 Å². The Bertz CT molecular complexity index is 861. The fraction of sp³-hybridized carbons (Fsp3) is 0.611. The lowest BCUT2D eigenvalue weighted by atomic mass is 9.85. The summed E-state index contributed by atoms with van der Waals surface area (Å²) in [6.07, 6.45) is 0.542. The van der Waals surface area contributed by atoms with Gasteiger partial charge >= 0.3 is 0 Å². The fourth-order valence-corrected chi connectivity index (χ4v) is 3.98. The van der Waals surface area contributed by atoms with Crippen molar-refractivity contribution in [3.63, 3.8) is 0 Å². The monoisotopic (exact) mass is 360 g/mol. The van der Waals surface area contributed by atoms with Gasteiger partial charge in [0.2, 0.25) is 0 Å². The van der Waals surface area contributed by atoms with E-state index >= 15 is 0 Å². The predicted molar refractivity (Wildman–Crippen MR) is 91.9 cm³/mol. The molecule has 2 saturated heterocycles. The molecule has 140 valence electrons. The first-order chi connectivity index (χ1) is 12.2. The third-order valence-electron chi connectivity index (χ3n) is 5.24. The Morgan fingerprint density at radius 1 is 1.35 bits per heavy atom. The van der Waals surface area contributed by atoms with Crippen LogP contribution in [0.3, 0.4) is 0 Å². The maximum absolute atomic E-state index is 12.9. The number of carbonyl (C=O) groups excluding carboxylic acids is 1. The molecule has 2 fully saturated rings. The van der Waals surface area contributed by atoms with E-state index in [1.165, 1.54) is 0 Å². The third kappa shape index (κ3) is 2.83. The second-order valence-corrected chi connectivity index (χ2v) is 7.96. The van der Waals surface area contributed by atoms with Crippen LogP contribution >= 0.6 is 0 Å². The Balaban J connectivity index is 1.51. The number of aryl methyl sites for hydroxylation is 3. The average Bonchev–Trinajstić information content (AvgIpc) is 3.14. The van der Waals surface area contributed by atoms with Gasteiger partial charge < -0.3 is 19.3 Å². The molecule has 2 aromatic rings. The molecular weight excluding hydrogens is 336 g/mol. The average molecular weight is 360 g/mol. The molecule has 1 N–H and O–H groups in total. The number of amides is 1. The van der Waals surface area contributed by atoms with E-state index in [9.17, 15) is 9.90 Å². The van der Waals surface area contributed by atoms with E-state index in [1.807, 2.05) is 24.6 Å². The Labute approximate surface area is 151 Å². The lowest BCUT2D eigenvalue weighted by Gasteiger charge is -2.46. The lowest BCUT2D eigenvalue weighted by Crippen LogP contribution is -2.63. The number of aliphatic hydroxyl groups is 1. The molecule has 1 atom stereocenters. The van der Waals surface area contributed by atoms with Gasteiger partial charge in [-0.15, -0.1) is 0 Å². The summed E-state index contributed by atoms with van der Waals surface area (Å²) in [6.45, 7) is 9.17. The van der Waals surface area contributed by atoms with Crippen LogP contribution in [0.25, 0.3) is 0 Å². The molecule has 2 aliphatic rings. The van der Waals surface area contributed by atoms with E-state index in [0.717, 1.165) is 17.0 Å². The zero-order chi connectivity index (χ0) is 18.7. The molecule has 8 nitrogen and oxygen atoms in total. The van der Waals surface area contributed by atoms with E-state index in [0.29, 0.717) is 44.1 Å². The summed E-state index contributed by atoms with van der Waals surface area (Å²) in [7, 11) is 0. The van der Waals surface area contributed by atoms with E-state index in [2.05, 4.69) is 10.3 Å². The van der Waals surface area contributed by atoms with Gasteiger partial charge in [0, 0.05) is 17.7 Å². The number of hydrogen-bond donors (Lipinski definition) is 1. The van der Waals surface area contributed by atoms with Gasteiger partial charge in [-0.05, 0) is 33.8 Å². The van der Waals surface area contributed by atoms with Gasteiger partial charge in [-0.1, -0.05) is 5.16 Å². The summed E-state index contributed by atoms with van der Waals surface area (Å²) in [4.78, 5) is 14.6. The van der Waals surface area contributed by atoms with Crippen molar-refractivity contribution in [3.05, 3.63) is 34.5 Å². The molecule has 0 aliphatic carbocycles. The summed E-state index contributed by atoms with van der Waals surface area (Å²) in [5.41, 5.74) is 1.79. The van der Waals surface area contributed by atoms with Crippen molar-refractivity contribution in [1.29, 1.82) is 0 Å². The smallest absolute Gasteiger partial charge is 0.276 e. The van der Waals surface area contributed by atoms with Crippen LogP contribution in [0.4, 0.5) is 0 Å². The van der Waals surface area contributed by atoms with Crippen molar-refractivity contribution in [2.45, 2.75) is 51.9 Å². The molecule has 1 spiro atoms. The molecule has 26 heavy (non-hydrogen) atoms. The highest BCUT2D eigenvalue weighted by Crippen LogP contribution is 2.40. The van der Waals surface area contributed by atoms with Crippen LogP contribution in [0.15, 0.2) is 10.6 Å². The minimum atomic E-state index is -0.819. The summed E-state index contributed by atoms with van der Waals surface area (Å²) < 4.78 is 12.9. The van der Waals surface area contributed by atoms with E-state index < -0.39 is 11.2 Å². The summed E-state index contributed by atoms with van der Waals surface area (Å²) in [5.74, 6) is 0.454. The van der Waals surface area contributed by atoms with Gasteiger partial charge in [0.05, 0.1) is 37.5 Å². The Morgan fingerprint density at radius 3 is 2.65 bits per heavy atom. The van der Waals surface area contributed by atoms with Gasteiger partial charge in [-0.2, -0.15) is 5.10 Å². The number of nitrogens with zero attached hydrogens (tertiary/aromatic N) is 4. The minimum Gasteiger partial charge on any atom is -0.388 e. The second kappa shape index (κ2) is 5.65. The second-order valence-electron chi connectivity index (χ2n) is 7.96. The first-order valence-corrected chi connectivity index (χ1v) is 8.80. The summed E-state index contributed by atoms with van der Waals surface area (Å²) in [6, 6.07) is 1.99. The first kappa shape index (κ1) is 17.2. The quantitative estimate of drug-likeness (QED) is 0.884. The third-order valence-corrected chi connectivity index (χ3v) is 5.24. The molecule has 0 saturated carbocycles. The summed E-state index contributed by atoms with van der Waals surface area (Å²) >= 11 is 0. The topological polar surface area (TPSA) is 93.6 Å². The highest BCUT2D eigenvalue weighted by atomic mass is 16.5. The number of ether oxygens (including phenoxy) is 1. The maximum Gasteiger partial charge on any atom is 0.276 e. The molecular formula is C18H24N4O4. The number of hydrogen-bond acceptors (Lipinski definition) is 6. The minimum absolute atomic E-state index is 0.167. The van der Waals surface area contributed by atoms with Crippen molar-refractivity contribution in [3.8, 4) is 0 Å². The number of likely N-dealkylation sites (tertiary alicyclic amines) is 1. The van der Waals surface area contributed by atoms with Gasteiger partial charge in [-0.3, -0.25) is 9.48 Å². The van der Waals surface area contributed by atoms with Gasteiger partial charge in [-0.25, -0.2) is 0 Å². The highest BCUT2D eigenvalue weighted by molar-refractivity contribution is 5.94. The van der Waals surface area contributed by atoms with Crippen molar-refractivity contribution < 1.29 is 19.2 Å². The van der Waals surface area contributed by atoms with Gasteiger partial charge in [0.25, 0.3) is 5.91 Å². The molecule has 0 radical (unpaired) electrons. The zero-order valence-electron chi connectivity index (χ0n) is 15.6. The molecule has 1 amide bonds. The standard InChI is InChI=1S/C18H24N4O4/c1-11-5-12(2)22(19-11)6-14-13(3)26-20-15(14)16(23)21-8-18(9-21)7-17(4,24)10-25-18/h5,24H,6-10H2,1-4H3. The first-order valence-electron chi connectivity index (χ1n) is 8.80. The van der Waals surface area contributed by atoms with Crippen molar-refractivity contribution >= 4 is 5.91 Å². The molecule has 0 aromatic carbocycles. The van der Waals surface area contributed by atoms with Crippen molar-refractivity contribution in [1.82, 2.24) is 19.8 Å². The number of aromatic nitrogens is 3. The molecule has 0 bridgehead atoms. The number of rotatable bonds is 3. The fourth-order valence-electron chi connectivity index (χ4n) is 3.98. The van der Waals surface area contributed by atoms with E-state index in [4.69, 9.17) is 9.26 Å². The van der Waals surface area contributed by atoms with Crippen molar-refractivity contribution in [2.75, 3.05) is 19.7 Å². The number of carbonyl (C=O) groups is 1. The SMILES string of the molecule is Cc1cc(C)n(Cc2c(C(=O)N3CC4(C3)CC(C)(O)CO4)noc2C)n1. The zero-order valence-corrected chi connectivity index (χ0v) is 15.6. The highest BCUT2D eigenvalue weighted by Gasteiger charge is 2.55. The normalized spacial score (nSPS) is 24.3. The molecule has 2 aromatic heterocycles. The van der Waals surface area contributed by atoms with Gasteiger partial charge in [0.1, 0.15) is 11.4 Å². The van der Waals surface area contributed by atoms with E-state index in [-0.39, 0.29) is 5.91 Å². The summed E-state index contributed by atoms with van der Waals surface area (Å²) in [5, 5.41) is 18.6. The van der Waals surface area contributed by atoms with Crippen LogP contribution < -0.4 is 0 Å². The van der Waals surface area contributed by atoms with Crippen LogP contribution in [-0.4, -0.2) is 61.7 Å². The van der Waals surface area contributed by atoms with Crippen LogP contribution in [-0.2, 0) is 11.3 Å². The molecule has 4 rings (SSSR count). The Morgan fingerprint density at radius 2 is 2.08 bits per heavy atom. The van der Waals surface area contributed by atoms with Gasteiger partial charge in [0.15, 0.2) is 5.69 Å². The Kier molecular flexibility index (Phi) is 3.75. The molecule has 2 aliphatic heterocycles. The lowest BCUT2D eigenvalue weighted by molar-refractivity contribution is -0.0957. The molecule has 8 heteroatoms. The van der Waals surface area contributed by atoms with E-state index in [1.54, 1.807) is 18.7 Å². The largest absolute Gasteiger partial charge is 0.388 e. The van der Waals surface area contributed by atoms with Crippen LogP contribution in [0.5, 0.6) is 0 Å². The van der Waals surface area contributed by atoms with Crippen LogP contribution in [0.1, 0.15) is 46.5 Å². The van der Waals surface area contributed by atoms with Crippen LogP contribution in [0, 0.1) is 20.8 Å². The maximum atomic E-state index is 12.9. The molecule has 4 heterocycles. The molecule has 1 unspecified atom stereocenters. The Hall–Kier alpha value is -2.19. The van der Waals surface area contributed by atoms with Crippen LogP contribution in [0.2, 0.25) is 0 Å². The predicted octanol–water partition coefficient (Wildman–Crippen LogP) is 1.21.